The first-order valence-electron chi connectivity index (χ1n) is 12.6. The zero-order valence-corrected chi connectivity index (χ0v) is 19.0. The topological polar surface area (TPSA) is 27.1 Å². The van der Waals surface area contributed by atoms with Gasteiger partial charge in [0.1, 0.15) is 5.60 Å². The van der Waals surface area contributed by atoms with Crippen LogP contribution in [0.15, 0.2) is 66.7 Å². The van der Waals surface area contributed by atoms with Gasteiger partial charge in [-0.15, -0.1) is 0 Å². The van der Waals surface area contributed by atoms with E-state index in [4.69, 9.17) is 9.84 Å². The highest BCUT2D eigenvalue weighted by molar-refractivity contribution is 5.59. The van der Waals surface area contributed by atoms with Gasteiger partial charge in [-0.1, -0.05) is 60.7 Å². The number of hydrogen-bond acceptors (Lipinski definition) is 2. The Hall–Kier alpha value is -2.39. The van der Waals surface area contributed by atoms with Gasteiger partial charge in [0, 0.05) is 12.1 Å². The molecule has 0 spiro atoms. The van der Waals surface area contributed by atoms with Crippen molar-refractivity contribution in [1.29, 1.82) is 0 Å². The maximum Gasteiger partial charge on any atom is 0.110 e. The smallest absolute Gasteiger partial charge is 0.110 e. The fourth-order valence-electron chi connectivity index (χ4n) is 5.40. The van der Waals surface area contributed by atoms with Crippen LogP contribution < -0.4 is 0 Å². The fourth-order valence-corrected chi connectivity index (χ4v) is 5.40. The van der Waals surface area contributed by atoms with Crippen molar-refractivity contribution in [2.24, 2.45) is 11.8 Å². The normalized spacial score (nSPS) is 25.7. The summed E-state index contributed by atoms with van der Waals surface area (Å²) in [6, 6.07) is 24.1. The molecule has 3 aromatic rings. The van der Waals surface area contributed by atoms with Crippen molar-refractivity contribution in [3.8, 4) is 11.3 Å². The summed E-state index contributed by atoms with van der Waals surface area (Å²) in [5.74, 6) is 2.20. The van der Waals surface area contributed by atoms with Gasteiger partial charge in [-0.05, 0) is 80.8 Å². The molecule has 3 heteroatoms. The zero-order valence-electron chi connectivity index (χ0n) is 19.0. The molecular weight excluding hydrogens is 392 g/mol. The van der Waals surface area contributed by atoms with Gasteiger partial charge in [-0.25, -0.2) is 0 Å². The third-order valence-corrected chi connectivity index (χ3v) is 7.80. The Morgan fingerprint density at radius 2 is 1.47 bits per heavy atom. The minimum absolute atomic E-state index is 0.192. The molecule has 3 fully saturated rings. The summed E-state index contributed by atoms with van der Waals surface area (Å²) in [4.78, 5) is 0. The summed E-state index contributed by atoms with van der Waals surface area (Å²) < 4.78 is 9.22. The van der Waals surface area contributed by atoms with Crippen LogP contribution in [-0.2, 0) is 16.9 Å². The lowest BCUT2D eigenvalue weighted by Crippen LogP contribution is -2.37. The van der Waals surface area contributed by atoms with Gasteiger partial charge in [0.05, 0.1) is 18.0 Å². The van der Waals surface area contributed by atoms with Gasteiger partial charge < -0.3 is 4.74 Å². The van der Waals surface area contributed by atoms with E-state index in [1.54, 1.807) is 0 Å². The molecule has 32 heavy (non-hydrogen) atoms. The minimum atomic E-state index is -0.192. The first-order valence-corrected chi connectivity index (χ1v) is 12.6. The largest absolute Gasteiger partial charge is 0.368 e. The monoisotopic (exact) mass is 426 g/mol. The van der Waals surface area contributed by atoms with E-state index >= 15 is 0 Å². The molecule has 3 aliphatic rings. The zero-order chi connectivity index (χ0) is 21.4. The number of hydrogen-bond donors (Lipinski definition) is 0. The highest BCUT2D eigenvalue weighted by atomic mass is 16.5. The van der Waals surface area contributed by atoms with Gasteiger partial charge in [0.2, 0.25) is 0 Å². The first-order chi connectivity index (χ1) is 15.8. The van der Waals surface area contributed by atoms with Crippen LogP contribution in [0.1, 0.15) is 68.5 Å². The van der Waals surface area contributed by atoms with E-state index in [1.165, 1.54) is 55.3 Å². The summed E-state index contributed by atoms with van der Waals surface area (Å²) in [6.07, 6.45) is 9.89. The summed E-state index contributed by atoms with van der Waals surface area (Å²) >= 11 is 0. The van der Waals surface area contributed by atoms with E-state index in [0.29, 0.717) is 5.92 Å². The van der Waals surface area contributed by atoms with Gasteiger partial charge >= 0.3 is 0 Å². The van der Waals surface area contributed by atoms with Crippen LogP contribution >= 0.6 is 0 Å². The first kappa shape index (κ1) is 20.2. The number of nitrogens with zero attached hydrogens (tertiary/aromatic N) is 2. The standard InChI is InChI=1S/C29H34N2O/c1-3-7-24(8-4-1)25-15-17-29(18-16-25,32-21-23-13-14-23)28-19-27(26-9-5-2-6-10-26)30-31(28)20-22-11-12-22/h1-10,19,22-23,25H,11-18,20-21H2. The Bertz CT molecular complexity index is 1030. The SMILES string of the molecule is c1ccc(-c2cc(C3(OCC4CC4)CCC(c4ccccc4)CC3)n(CC3CC3)n2)cc1. The second-order valence-electron chi connectivity index (χ2n) is 10.3. The van der Waals surface area contributed by atoms with Crippen LogP contribution in [0, 0.1) is 11.8 Å². The van der Waals surface area contributed by atoms with E-state index in [9.17, 15) is 0 Å². The van der Waals surface area contributed by atoms with Crippen molar-refractivity contribution in [2.45, 2.75) is 69.4 Å². The second-order valence-corrected chi connectivity index (χ2v) is 10.3. The molecule has 1 aromatic heterocycles. The molecule has 6 rings (SSSR count). The molecule has 0 atom stereocenters. The van der Waals surface area contributed by atoms with Crippen LogP contribution in [0.4, 0.5) is 0 Å². The molecule has 3 saturated carbocycles. The highest BCUT2D eigenvalue weighted by Crippen LogP contribution is 2.48. The van der Waals surface area contributed by atoms with Gasteiger partial charge in [-0.2, -0.15) is 5.10 Å². The molecule has 1 heterocycles. The second kappa shape index (κ2) is 8.51. The maximum atomic E-state index is 6.90. The van der Waals surface area contributed by atoms with Crippen molar-refractivity contribution in [1.82, 2.24) is 9.78 Å². The molecule has 3 aliphatic carbocycles. The molecule has 0 bridgehead atoms. The van der Waals surface area contributed by atoms with Crippen molar-refractivity contribution in [2.75, 3.05) is 6.61 Å². The van der Waals surface area contributed by atoms with Crippen molar-refractivity contribution < 1.29 is 4.74 Å². The van der Waals surface area contributed by atoms with Crippen LogP contribution in [0.2, 0.25) is 0 Å². The maximum absolute atomic E-state index is 6.90. The Kier molecular flexibility index (Phi) is 5.38. The lowest BCUT2D eigenvalue weighted by atomic mass is 9.74. The molecule has 0 aliphatic heterocycles. The molecular formula is C29H34N2O. The summed E-state index contributed by atoms with van der Waals surface area (Å²) in [5.41, 5.74) is 4.93. The predicted octanol–water partition coefficient (Wildman–Crippen LogP) is 6.94. The van der Waals surface area contributed by atoms with Crippen LogP contribution in [0.25, 0.3) is 11.3 Å². The molecule has 3 nitrogen and oxygen atoms in total. The summed E-state index contributed by atoms with van der Waals surface area (Å²) in [5, 5.41) is 5.14. The minimum Gasteiger partial charge on any atom is -0.368 e. The Morgan fingerprint density at radius 1 is 0.812 bits per heavy atom. The lowest BCUT2D eigenvalue weighted by molar-refractivity contribution is -0.0890. The van der Waals surface area contributed by atoms with E-state index in [2.05, 4.69) is 71.4 Å². The van der Waals surface area contributed by atoms with Crippen LogP contribution in [-0.4, -0.2) is 16.4 Å². The Balaban J connectivity index is 1.33. The van der Waals surface area contributed by atoms with Gasteiger partial charge in [0.25, 0.3) is 0 Å². The summed E-state index contributed by atoms with van der Waals surface area (Å²) in [7, 11) is 0. The lowest BCUT2D eigenvalue weighted by Gasteiger charge is -2.40. The third kappa shape index (κ3) is 4.28. The molecule has 2 aromatic carbocycles. The molecule has 0 unspecified atom stereocenters. The van der Waals surface area contributed by atoms with Crippen LogP contribution in [0.3, 0.4) is 0 Å². The van der Waals surface area contributed by atoms with E-state index in [-0.39, 0.29) is 5.60 Å². The Morgan fingerprint density at radius 3 is 2.12 bits per heavy atom. The third-order valence-electron chi connectivity index (χ3n) is 7.80. The average molecular weight is 427 g/mol. The number of aromatic nitrogens is 2. The summed E-state index contributed by atoms with van der Waals surface area (Å²) in [6.45, 7) is 1.95. The van der Waals surface area contributed by atoms with Crippen LogP contribution in [0.5, 0.6) is 0 Å². The molecule has 166 valence electrons. The average Bonchev–Trinajstić information content (AvgIpc) is 3.78. The molecule has 0 amide bonds. The molecule has 0 N–H and O–H groups in total. The molecule has 0 radical (unpaired) electrons. The number of rotatable bonds is 8. The fraction of sp³-hybridized carbons (Fsp3) is 0.483. The van der Waals surface area contributed by atoms with E-state index < -0.39 is 0 Å². The molecule has 0 saturated heterocycles. The quantitative estimate of drug-likeness (QED) is 0.390. The van der Waals surface area contributed by atoms with Gasteiger partial charge in [0.15, 0.2) is 0 Å². The predicted molar refractivity (Wildman–Crippen MR) is 128 cm³/mol. The van der Waals surface area contributed by atoms with Gasteiger partial charge in [-0.3, -0.25) is 4.68 Å². The van der Waals surface area contributed by atoms with Crippen molar-refractivity contribution in [3.63, 3.8) is 0 Å². The Labute approximate surface area is 191 Å². The van der Waals surface area contributed by atoms with Crippen molar-refractivity contribution >= 4 is 0 Å². The number of benzene rings is 2. The van der Waals surface area contributed by atoms with Crippen molar-refractivity contribution in [3.05, 3.63) is 78.0 Å². The van der Waals surface area contributed by atoms with E-state index in [1.807, 2.05) is 0 Å². The number of ether oxygens (including phenoxy) is 1. The highest BCUT2D eigenvalue weighted by Gasteiger charge is 2.43. The van der Waals surface area contributed by atoms with E-state index in [0.717, 1.165) is 43.5 Å².